The predicted molar refractivity (Wildman–Crippen MR) is 88.5 cm³/mol. The van der Waals surface area contributed by atoms with E-state index in [0.717, 1.165) is 11.8 Å². The molecule has 2 aromatic carbocycles. The van der Waals surface area contributed by atoms with E-state index in [2.05, 4.69) is 86.1 Å². The van der Waals surface area contributed by atoms with Gasteiger partial charge in [-0.3, -0.25) is 0 Å². The van der Waals surface area contributed by atoms with Crippen LogP contribution in [0.1, 0.15) is 18.1 Å². The minimum absolute atomic E-state index is 0.513. The maximum absolute atomic E-state index is 3.66. The Morgan fingerprint density at radius 2 is 2.00 bits per heavy atom. The quantitative estimate of drug-likeness (QED) is 0.628. The molecular formula is C16H15Br2N. The highest BCUT2D eigenvalue weighted by atomic mass is 79.9. The molecule has 1 aliphatic rings. The second-order valence-corrected chi connectivity index (χ2v) is 6.38. The first kappa shape index (κ1) is 13.2. The Morgan fingerprint density at radius 1 is 1.21 bits per heavy atom. The summed E-state index contributed by atoms with van der Waals surface area (Å²) in [6, 6.07) is 15.8. The summed E-state index contributed by atoms with van der Waals surface area (Å²) in [4.78, 5) is 2.43. The molecule has 0 saturated heterocycles. The lowest BCUT2D eigenvalue weighted by molar-refractivity contribution is 0.758. The van der Waals surface area contributed by atoms with E-state index in [4.69, 9.17) is 0 Å². The van der Waals surface area contributed by atoms with Gasteiger partial charge in [0.25, 0.3) is 0 Å². The second kappa shape index (κ2) is 5.29. The fourth-order valence-corrected chi connectivity index (χ4v) is 4.13. The number of halogens is 2. The van der Waals surface area contributed by atoms with Crippen LogP contribution < -0.4 is 4.90 Å². The monoisotopic (exact) mass is 379 g/mol. The normalized spacial score (nSPS) is 17.6. The molecule has 3 rings (SSSR count). The maximum atomic E-state index is 3.66. The van der Waals surface area contributed by atoms with Gasteiger partial charge in [0, 0.05) is 27.2 Å². The zero-order chi connectivity index (χ0) is 13.4. The van der Waals surface area contributed by atoms with Crippen LogP contribution in [0.2, 0.25) is 0 Å². The molecule has 1 unspecified atom stereocenters. The smallest absolute Gasteiger partial charge is 0.0446 e. The summed E-state index contributed by atoms with van der Waals surface area (Å²) in [5, 5.41) is 0.875. The van der Waals surface area contributed by atoms with E-state index in [9.17, 15) is 0 Å². The minimum Gasteiger partial charge on any atom is -0.338 e. The Hall–Kier alpha value is -0.800. The zero-order valence-corrected chi connectivity index (χ0v) is 13.9. The molecule has 19 heavy (non-hydrogen) atoms. The molecule has 98 valence electrons. The molecule has 3 heteroatoms. The molecule has 0 spiro atoms. The van der Waals surface area contributed by atoms with E-state index < -0.39 is 0 Å². The summed E-state index contributed by atoms with van der Waals surface area (Å²) in [5.41, 5.74) is 5.32. The Bertz CT molecular complexity index is 609. The van der Waals surface area contributed by atoms with E-state index in [1.807, 2.05) is 0 Å². The molecule has 2 aromatic rings. The van der Waals surface area contributed by atoms with E-state index in [0.29, 0.717) is 6.04 Å². The van der Waals surface area contributed by atoms with Gasteiger partial charge < -0.3 is 4.90 Å². The van der Waals surface area contributed by atoms with Crippen LogP contribution in [0.4, 0.5) is 11.4 Å². The first-order valence-electron chi connectivity index (χ1n) is 6.42. The average molecular weight is 381 g/mol. The third-order valence-corrected chi connectivity index (χ3v) is 5.01. The van der Waals surface area contributed by atoms with Crippen molar-refractivity contribution in [2.45, 2.75) is 24.7 Å². The number of rotatable bonds is 2. The molecule has 1 aliphatic heterocycles. The second-order valence-electron chi connectivity index (χ2n) is 4.96. The van der Waals surface area contributed by atoms with Crippen molar-refractivity contribution >= 4 is 43.2 Å². The number of fused-ring (bicyclic) bond motifs is 1. The van der Waals surface area contributed by atoms with Gasteiger partial charge in [0.2, 0.25) is 0 Å². The number of benzene rings is 2. The Kier molecular flexibility index (Phi) is 3.68. The van der Waals surface area contributed by atoms with Crippen LogP contribution in [0.3, 0.4) is 0 Å². The van der Waals surface area contributed by atoms with Crippen molar-refractivity contribution in [1.29, 1.82) is 0 Å². The molecule has 0 radical (unpaired) electrons. The van der Waals surface area contributed by atoms with Gasteiger partial charge in [0.15, 0.2) is 0 Å². The summed E-state index contributed by atoms with van der Waals surface area (Å²) in [6.45, 7) is 2.28. The van der Waals surface area contributed by atoms with Crippen molar-refractivity contribution in [1.82, 2.24) is 0 Å². The van der Waals surface area contributed by atoms with Crippen molar-refractivity contribution < 1.29 is 0 Å². The Labute approximate surface area is 130 Å². The SMILES string of the molecule is CC1Cc2ccccc2N1c1ccc(CBr)c(Br)c1. The topological polar surface area (TPSA) is 3.24 Å². The molecule has 1 nitrogen and oxygen atoms in total. The first-order chi connectivity index (χ1) is 9.20. The Morgan fingerprint density at radius 3 is 2.74 bits per heavy atom. The van der Waals surface area contributed by atoms with Crippen LogP contribution in [0, 0.1) is 0 Å². The highest BCUT2D eigenvalue weighted by molar-refractivity contribution is 9.10. The van der Waals surface area contributed by atoms with Gasteiger partial charge in [0.1, 0.15) is 0 Å². The highest BCUT2D eigenvalue weighted by Gasteiger charge is 2.26. The number of para-hydroxylation sites is 1. The van der Waals surface area contributed by atoms with Crippen molar-refractivity contribution in [2.75, 3.05) is 4.90 Å². The standard InChI is InChI=1S/C16H15Br2N/c1-11-8-12-4-2-3-5-16(12)19(11)14-7-6-13(10-17)15(18)9-14/h2-7,9,11H,8,10H2,1H3. The fraction of sp³-hybridized carbons (Fsp3) is 0.250. The van der Waals surface area contributed by atoms with Gasteiger partial charge in [0.05, 0.1) is 0 Å². The van der Waals surface area contributed by atoms with Crippen molar-refractivity contribution in [3.05, 3.63) is 58.1 Å². The van der Waals surface area contributed by atoms with Crippen molar-refractivity contribution in [3.8, 4) is 0 Å². The number of anilines is 2. The summed E-state index contributed by atoms with van der Waals surface area (Å²) in [7, 11) is 0. The van der Waals surface area contributed by atoms with Gasteiger partial charge in [-0.25, -0.2) is 0 Å². The number of alkyl halides is 1. The van der Waals surface area contributed by atoms with Gasteiger partial charge in [-0.15, -0.1) is 0 Å². The van der Waals surface area contributed by atoms with Crippen LogP contribution in [-0.2, 0) is 11.8 Å². The van der Waals surface area contributed by atoms with E-state index in [1.54, 1.807) is 0 Å². The predicted octanol–water partition coefficient (Wildman–Crippen LogP) is 5.43. The number of hydrogen-bond acceptors (Lipinski definition) is 1. The minimum atomic E-state index is 0.513. The van der Waals surface area contributed by atoms with Crippen molar-refractivity contribution in [3.63, 3.8) is 0 Å². The largest absolute Gasteiger partial charge is 0.338 e. The molecule has 0 aliphatic carbocycles. The van der Waals surface area contributed by atoms with Crippen LogP contribution in [-0.4, -0.2) is 6.04 Å². The molecule has 0 amide bonds. The molecule has 0 bridgehead atoms. The van der Waals surface area contributed by atoms with Gasteiger partial charge in [-0.05, 0) is 42.7 Å². The van der Waals surface area contributed by atoms with Crippen LogP contribution in [0.25, 0.3) is 0 Å². The summed E-state index contributed by atoms with van der Waals surface area (Å²) in [6.07, 6.45) is 1.12. The maximum Gasteiger partial charge on any atom is 0.0446 e. The molecule has 0 fully saturated rings. The van der Waals surface area contributed by atoms with Gasteiger partial charge in [-0.2, -0.15) is 0 Å². The molecule has 0 N–H and O–H groups in total. The summed E-state index contributed by atoms with van der Waals surface area (Å²) in [5.74, 6) is 0. The third-order valence-electron chi connectivity index (χ3n) is 3.67. The fourth-order valence-electron chi connectivity index (χ4n) is 2.75. The third kappa shape index (κ3) is 2.34. The lowest BCUT2D eigenvalue weighted by atomic mass is 10.1. The molecule has 0 saturated carbocycles. The summed E-state index contributed by atoms with van der Waals surface area (Å²) < 4.78 is 1.17. The van der Waals surface area contributed by atoms with Crippen molar-refractivity contribution in [2.24, 2.45) is 0 Å². The lowest BCUT2D eigenvalue weighted by Crippen LogP contribution is -2.23. The van der Waals surface area contributed by atoms with Gasteiger partial charge >= 0.3 is 0 Å². The summed E-state index contributed by atoms with van der Waals surface area (Å²) >= 11 is 7.17. The molecule has 0 aromatic heterocycles. The van der Waals surface area contributed by atoms with E-state index >= 15 is 0 Å². The van der Waals surface area contributed by atoms with Crippen LogP contribution in [0.15, 0.2) is 46.9 Å². The van der Waals surface area contributed by atoms with Crippen LogP contribution in [0.5, 0.6) is 0 Å². The number of nitrogens with zero attached hydrogens (tertiary/aromatic N) is 1. The van der Waals surface area contributed by atoms with E-state index in [1.165, 1.54) is 27.0 Å². The Balaban J connectivity index is 2.05. The number of hydrogen-bond donors (Lipinski definition) is 0. The highest BCUT2D eigenvalue weighted by Crippen LogP contribution is 2.39. The first-order valence-corrected chi connectivity index (χ1v) is 8.33. The molecule has 1 atom stereocenters. The molecular weight excluding hydrogens is 366 g/mol. The lowest BCUT2D eigenvalue weighted by Gasteiger charge is -2.25. The average Bonchev–Trinajstić information content (AvgIpc) is 2.74. The van der Waals surface area contributed by atoms with Crippen LogP contribution >= 0.6 is 31.9 Å². The van der Waals surface area contributed by atoms with Gasteiger partial charge in [-0.1, -0.05) is 56.1 Å². The van der Waals surface area contributed by atoms with E-state index in [-0.39, 0.29) is 0 Å². The molecule has 1 heterocycles. The zero-order valence-electron chi connectivity index (χ0n) is 10.7.